The van der Waals surface area contributed by atoms with Gasteiger partial charge in [0.1, 0.15) is 0 Å². The monoisotopic (exact) mass is 232 g/mol. The van der Waals surface area contributed by atoms with Crippen LogP contribution in [0.1, 0.15) is 0 Å². The average Bonchev–Trinajstić information content (AvgIpc) is 2.21. The fourth-order valence-electron chi connectivity index (χ4n) is 1.30. The summed E-state index contributed by atoms with van der Waals surface area (Å²) in [7, 11) is -1.74. The lowest BCUT2D eigenvalue weighted by Crippen LogP contribution is -2.52. The van der Waals surface area contributed by atoms with Crippen molar-refractivity contribution in [2.24, 2.45) is 0 Å². The second-order valence-corrected chi connectivity index (χ2v) is 7.99. The molecule has 0 saturated carbocycles. The third-order valence-corrected chi connectivity index (χ3v) is 7.60. The van der Waals surface area contributed by atoms with Crippen molar-refractivity contribution in [3.05, 3.63) is 0 Å². The van der Waals surface area contributed by atoms with Gasteiger partial charge >= 0.3 is 0 Å². The van der Waals surface area contributed by atoms with Gasteiger partial charge in [-0.25, -0.2) is 0 Å². The van der Waals surface area contributed by atoms with E-state index in [9.17, 15) is 17.6 Å². The van der Waals surface area contributed by atoms with E-state index in [0.717, 1.165) is 0 Å². The van der Waals surface area contributed by atoms with Gasteiger partial charge in [-0.05, 0) is 12.6 Å². The lowest BCUT2D eigenvalue weighted by Gasteiger charge is -2.39. The van der Waals surface area contributed by atoms with E-state index in [1.54, 1.807) is 0 Å². The Labute approximate surface area is 82.6 Å². The summed E-state index contributed by atoms with van der Waals surface area (Å²) in [6.07, 6.45) is 0. The van der Waals surface area contributed by atoms with Crippen LogP contribution in [0.2, 0.25) is 17.6 Å². The van der Waals surface area contributed by atoms with Crippen LogP contribution in [0.4, 0.5) is 17.6 Å². The molecule has 0 amide bonds. The maximum atomic E-state index is 12.7. The van der Waals surface area contributed by atoms with Crippen molar-refractivity contribution in [2.75, 3.05) is 33.8 Å². The topological polar surface area (TPSA) is 9.23 Å². The molecule has 0 N–H and O–H groups in total. The third kappa shape index (κ3) is 2.28. The number of hydrogen-bond acceptors (Lipinski definition) is 1. The first-order chi connectivity index (χ1) is 6.55. The molecule has 1 unspecified atom stereocenters. The zero-order valence-electron chi connectivity index (χ0n) is 8.46. The summed E-state index contributed by atoms with van der Waals surface area (Å²) in [5, 5.41) is -1.74. The molecule has 14 heavy (non-hydrogen) atoms. The molecule has 1 atom stereocenters. The minimum absolute atomic E-state index is 0.0821. The summed E-state index contributed by atoms with van der Waals surface area (Å²) >= 11 is 0. The molecule has 86 valence electrons. The molecule has 0 heterocycles. The number of alkyl halides is 4. The lowest BCUT2D eigenvalue weighted by atomic mass is 10.2. The Morgan fingerprint density at radius 3 is 1.71 bits per heavy atom. The molecule has 0 aromatic rings. The van der Waals surface area contributed by atoms with Crippen molar-refractivity contribution < 1.29 is 22.0 Å². The zero-order chi connectivity index (χ0) is 11.2. The van der Waals surface area contributed by atoms with Crippen molar-refractivity contribution in [1.29, 1.82) is 0 Å². The van der Waals surface area contributed by atoms with Gasteiger partial charge in [0.05, 0.1) is 31.7 Å². The zero-order valence-corrected chi connectivity index (χ0v) is 9.46. The standard InChI is InChI=1S/C8H16F4OSi/c1-13-14(2,4-3-9)8(5-10,6-11)7-12/h3-7H2,1-2H3. The van der Waals surface area contributed by atoms with E-state index in [1.807, 2.05) is 0 Å². The van der Waals surface area contributed by atoms with Gasteiger partial charge in [-0.2, -0.15) is 0 Å². The molecule has 1 nitrogen and oxygen atoms in total. The predicted molar refractivity (Wildman–Crippen MR) is 50.0 cm³/mol. The molecule has 0 bridgehead atoms. The van der Waals surface area contributed by atoms with Crippen LogP contribution >= 0.6 is 0 Å². The summed E-state index contributed by atoms with van der Waals surface area (Å²) < 4.78 is 55.2. The highest BCUT2D eigenvalue weighted by atomic mass is 28.4. The summed E-state index contributed by atoms with van der Waals surface area (Å²) in [4.78, 5) is 0. The van der Waals surface area contributed by atoms with Crippen LogP contribution < -0.4 is 0 Å². The Bertz CT molecular complexity index is 157. The highest BCUT2D eigenvalue weighted by Gasteiger charge is 2.52. The van der Waals surface area contributed by atoms with Crippen LogP contribution in [0.5, 0.6) is 0 Å². The van der Waals surface area contributed by atoms with E-state index in [4.69, 9.17) is 4.43 Å². The van der Waals surface area contributed by atoms with Crippen LogP contribution in [0.15, 0.2) is 0 Å². The number of hydrogen-bond donors (Lipinski definition) is 0. The SMILES string of the molecule is CO[Si](C)(CCF)C(CF)(CF)CF. The molecule has 0 fully saturated rings. The van der Waals surface area contributed by atoms with E-state index in [0.29, 0.717) is 0 Å². The van der Waals surface area contributed by atoms with Crippen molar-refractivity contribution in [3.63, 3.8) is 0 Å². The van der Waals surface area contributed by atoms with Crippen LogP contribution in [0.3, 0.4) is 0 Å². The molecule has 0 aliphatic rings. The summed E-state index contributed by atoms with van der Waals surface area (Å²) in [6.45, 7) is -2.70. The highest BCUT2D eigenvalue weighted by Crippen LogP contribution is 2.42. The minimum Gasteiger partial charge on any atom is -0.419 e. The molecular weight excluding hydrogens is 216 g/mol. The Balaban J connectivity index is 4.90. The maximum absolute atomic E-state index is 12.7. The summed E-state index contributed by atoms with van der Waals surface area (Å²) in [5.74, 6) is 0. The summed E-state index contributed by atoms with van der Waals surface area (Å²) in [6, 6.07) is -0.0821. The highest BCUT2D eigenvalue weighted by molar-refractivity contribution is 6.76. The molecule has 0 rings (SSSR count). The van der Waals surface area contributed by atoms with E-state index in [2.05, 4.69) is 0 Å². The van der Waals surface area contributed by atoms with E-state index in [1.165, 1.54) is 13.7 Å². The van der Waals surface area contributed by atoms with Crippen molar-refractivity contribution in [2.45, 2.75) is 17.6 Å². The maximum Gasteiger partial charge on any atom is 0.205 e. The fraction of sp³-hybridized carbons (Fsp3) is 1.00. The predicted octanol–water partition coefficient (Wildman–Crippen LogP) is 2.83. The molecule has 6 heteroatoms. The van der Waals surface area contributed by atoms with Crippen LogP contribution in [0.25, 0.3) is 0 Å². The van der Waals surface area contributed by atoms with Crippen LogP contribution in [0, 0.1) is 0 Å². The second kappa shape index (κ2) is 5.70. The molecule has 0 spiro atoms. The van der Waals surface area contributed by atoms with Gasteiger partial charge in [-0.15, -0.1) is 0 Å². The molecule has 0 aliphatic heterocycles. The lowest BCUT2D eigenvalue weighted by molar-refractivity contribution is 0.209. The fourth-order valence-corrected chi connectivity index (χ4v) is 3.67. The number of rotatable bonds is 7. The van der Waals surface area contributed by atoms with E-state index < -0.39 is 40.1 Å². The van der Waals surface area contributed by atoms with Gasteiger partial charge in [0.2, 0.25) is 8.32 Å². The van der Waals surface area contributed by atoms with Gasteiger partial charge in [0, 0.05) is 7.11 Å². The van der Waals surface area contributed by atoms with Crippen LogP contribution in [-0.2, 0) is 4.43 Å². The Hall–Kier alpha value is -0.103. The molecule has 0 aromatic heterocycles. The second-order valence-electron chi connectivity index (χ2n) is 3.56. The van der Waals surface area contributed by atoms with Crippen molar-refractivity contribution in [1.82, 2.24) is 0 Å². The first-order valence-electron chi connectivity index (χ1n) is 4.35. The van der Waals surface area contributed by atoms with Crippen molar-refractivity contribution in [3.8, 4) is 0 Å². The first-order valence-corrected chi connectivity index (χ1v) is 6.96. The van der Waals surface area contributed by atoms with Crippen LogP contribution in [-0.4, -0.2) is 42.1 Å². The summed E-state index contributed by atoms with van der Waals surface area (Å²) in [5.41, 5.74) is 0. The smallest absolute Gasteiger partial charge is 0.205 e. The van der Waals surface area contributed by atoms with Gasteiger partial charge < -0.3 is 4.43 Å². The molecule has 0 saturated heterocycles. The third-order valence-electron chi connectivity index (χ3n) is 2.91. The van der Waals surface area contributed by atoms with E-state index >= 15 is 0 Å². The minimum atomic E-state index is -3.00. The molecular formula is C8H16F4OSi. The molecule has 0 aromatic carbocycles. The first kappa shape index (κ1) is 13.9. The van der Waals surface area contributed by atoms with E-state index in [-0.39, 0.29) is 6.04 Å². The van der Waals surface area contributed by atoms with Gasteiger partial charge in [0.15, 0.2) is 0 Å². The Morgan fingerprint density at radius 2 is 1.50 bits per heavy atom. The number of halogens is 4. The largest absolute Gasteiger partial charge is 0.419 e. The Kier molecular flexibility index (Phi) is 5.66. The molecule has 0 aliphatic carbocycles. The molecule has 0 radical (unpaired) electrons. The Morgan fingerprint density at radius 1 is 1.07 bits per heavy atom. The van der Waals surface area contributed by atoms with Gasteiger partial charge in [-0.3, -0.25) is 17.6 Å². The average molecular weight is 232 g/mol. The quantitative estimate of drug-likeness (QED) is 0.484. The van der Waals surface area contributed by atoms with Gasteiger partial charge in [0.25, 0.3) is 0 Å². The van der Waals surface area contributed by atoms with Gasteiger partial charge in [-0.1, -0.05) is 0 Å². The normalized spacial score (nSPS) is 16.7. The van der Waals surface area contributed by atoms with Crippen molar-refractivity contribution >= 4 is 8.32 Å².